The molecule has 0 amide bonds. The van der Waals surface area contributed by atoms with Crippen LogP contribution >= 0.6 is 0 Å². The van der Waals surface area contributed by atoms with Crippen molar-refractivity contribution in [2.75, 3.05) is 32.7 Å². The molecule has 0 saturated carbocycles. The van der Waals surface area contributed by atoms with Gasteiger partial charge in [0.05, 0.1) is 0 Å². The van der Waals surface area contributed by atoms with Crippen LogP contribution < -0.4 is 5.73 Å². The Bertz CT molecular complexity index is 391. The predicted octanol–water partition coefficient (Wildman–Crippen LogP) is 2.41. The summed E-state index contributed by atoms with van der Waals surface area (Å²) in [5.74, 6) is 0. The molecular weight excluding hydrogens is 246 g/mol. The number of nitrogens with zero attached hydrogens (tertiary/aromatic N) is 2. The molecule has 0 bridgehead atoms. The lowest BCUT2D eigenvalue weighted by Crippen LogP contribution is -2.50. The summed E-state index contributed by atoms with van der Waals surface area (Å²) < 4.78 is 0. The summed E-state index contributed by atoms with van der Waals surface area (Å²) in [6.45, 7) is 12.3. The maximum atomic E-state index is 6.28. The molecule has 0 aromatic heterocycles. The molecule has 20 heavy (non-hydrogen) atoms. The second-order valence-corrected chi connectivity index (χ2v) is 6.09. The third kappa shape index (κ3) is 3.81. The molecule has 112 valence electrons. The molecule has 1 heterocycles. The minimum Gasteiger partial charge on any atom is -0.326 e. The number of benzene rings is 1. The van der Waals surface area contributed by atoms with Crippen LogP contribution in [0.3, 0.4) is 0 Å². The van der Waals surface area contributed by atoms with E-state index >= 15 is 0 Å². The maximum absolute atomic E-state index is 6.28. The van der Waals surface area contributed by atoms with Gasteiger partial charge >= 0.3 is 0 Å². The van der Waals surface area contributed by atoms with Crippen molar-refractivity contribution in [3.63, 3.8) is 0 Å². The molecule has 3 heteroatoms. The second-order valence-electron chi connectivity index (χ2n) is 6.09. The lowest BCUT2D eigenvalue weighted by Gasteiger charge is -2.41. The van der Waals surface area contributed by atoms with Gasteiger partial charge in [-0.1, -0.05) is 36.8 Å². The van der Waals surface area contributed by atoms with Crippen molar-refractivity contribution in [2.45, 2.75) is 39.3 Å². The SMILES string of the molecule is CCCN1CCN(C(c2ccc(C)cc2)C(C)N)CC1. The van der Waals surface area contributed by atoms with Crippen LogP contribution in [0, 0.1) is 6.92 Å². The molecule has 2 rings (SSSR count). The fourth-order valence-electron chi connectivity index (χ4n) is 3.19. The van der Waals surface area contributed by atoms with E-state index in [0.29, 0.717) is 6.04 Å². The van der Waals surface area contributed by atoms with Crippen LogP contribution in [0.15, 0.2) is 24.3 Å². The van der Waals surface area contributed by atoms with Crippen molar-refractivity contribution in [3.8, 4) is 0 Å². The normalized spacial score (nSPS) is 20.8. The van der Waals surface area contributed by atoms with Crippen molar-refractivity contribution in [1.29, 1.82) is 0 Å². The van der Waals surface area contributed by atoms with Crippen LogP contribution in [0.2, 0.25) is 0 Å². The summed E-state index contributed by atoms with van der Waals surface area (Å²) in [5.41, 5.74) is 8.94. The van der Waals surface area contributed by atoms with E-state index in [1.165, 1.54) is 37.2 Å². The summed E-state index contributed by atoms with van der Waals surface area (Å²) in [6, 6.07) is 9.37. The number of aryl methyl sites for hydroxylation is 1. The van der Waals surface area contributed by atoms with E-state index in [1.807, 2.05) is 0 Å². The first-order valence-corrected chi connectivity index (χ1v) is 7.90. The maximum Gasteiger partial charge on any atom is 0.0497 e. The zero-order chi connectivity index (χ0) is 14.5. The Balaban J connectivity index is 2.05. The van der Waals surface area contributed by atoms with Crippen LogP contribution in [-0.4, -0.2) is 48.6 Å². The smallest absolute Gasteiger partial charge is 0.0497 e. The average molecular weight is 275 g/mol. The molecule has 0 radical (unpaired) electrons. The van der Waals surface area contributed by atoms with Crippen LogP contribution in [0.25, 0.3) is 0 Å². The van der Waals surface area contributed by atoms with Crippen molar-refractivity contribution in [1.82, 2.24) is 9.80 Å². The van der Waals surface area contributed by atoms with Gasteiger partial charge in [0.2, 0.25) is 0 Å². The van der Waals surface area contributed by atoms with Crippen LogP contribution in [0.5, 0.6) is 0 Å². The lowest BCUT2D eigenvalue weighted by molar-refractivity contribution is 0.0868. The number of hydrogen-bond acceptors (Lipinski definition) is 3. The van der Waals surface area contributed by atoms with Gasteiger partial charge in [-0.2, -0.15) is 0 Å². The summed E-state index contributed by atoms with van der Waals surface area (Å²) in [5, 5.41) is 0. The highest BCUT2D eigenvalue weighted by atomic mass is 15.3. The molecule has 1 aliphatic heterocycles. The Hall–Kier alpha value is -0.900. The molecular formula is C17H29N3. The summed E-state index contributed by atoms with van der Waals surface area (Å²) in [4.78, 5) is 5.12. The topological polar surface area (TPSA) is 32.5 Å². The van der Waals surface area contributed by atoms with E-state index in [-0.39, 0.29) is 6.04 Å². The monoisotopic (exact) mass is 275 g/mol. The van der Waals surface area contributed by atoms with E-state index in [2.05, 4.69) is 54.8 Å². The number of rotatable bonds is 5. The Morgan fingerprint density at radius 1 is 1.10 bits per heavy atom. The second kappa shape index (κ2) is 7.21. The molecule has 1 aromatic rings. The summed E-state index contributed by atoms with van der Waals surface area (Å²) in [6.07, 6.45) is 1.24. The van der Waals surface area contributed by atoms with Gasteiger partial charge in [0.15, 0.2) is 0 Å². The van der Waals surface area contributed by atoms with Crippen LogP contribution in [0.4, 0.5) is 0 Å². The molecule has 2 N–H and O–H groups in total. The molecule has 0 spiro atoms. The van der Waals surface area contributed by atoms with E-state index in [1.54, 1.807) is 0 Å². The van der Waals surface area contributed by atoms with E-state index < -0.39 is 0 Å². The molecule has 1 fully saturated rings. The fourth-order valence-corrected chi connectivity index (χ4v) is 3.19. The van der Waals surface area contributed by atoms with Crippen molar-refractivity contribution >= 4 is 0 Å². The van der Waals surface area contributed by atoms with Crippen LogP contribution in [-0.2, 0) is 0 Å². The first kappa shape index (κ1) is 15.5. The highest BCUT2D eigenvalue weighted by Crippen LogP contribution is 2.25. The molecule has 3 nitrogen and oxygen atoms in total. The van der Waals surface area contributed by atoms with Gasteiger partial charge in [-0.3, -0.25) is 4.90 Å². The molecule has 2 unspecified atom stereocenters. The number of piperazine rings is 1. The Morgan fingerprint density at radius 3 is 2.20 bits per heavy atom. The molecule has 1 aliphatic rings. The minimum atomic E-state index is 0.162. The highest BCUT2D eigenvalue weighted by Gasteiger charge is 2.27. The van der Waals surface area contributed by atoms with E-state index in [0.717, 1.165) is 13.1 Å². The van der Waals surface area contributed by atoms with E-state index in [4.69, 9.17) is 5.73 Å². The summed E-state index contributed by atoms with van der Waals surface area (Å²) >= 11 is 0. The lowest BCUT2D eigenvalue weighted by atomic mass is 9.97. The van der Waals surface area contributed by atoms with Gasteiger partial charge in [-0.05, 0) is 32.4 Å². The van der Waals surface area contributed by atoms with Gasteiger partial charge in [-0.15, -0.1) is 0 Å². The van der Waals surface area contributed by atoms with E-state index in [9.17, 15) is 0 Å². The quantitative estimate of drug-likeness (QED) is 0.895. The standard InChI is InChI=1S/C17H29N3/c1-4-9-19-10-12-20(13-11-19)17(15(3)18)16-7-5-14(2)6-8-16/h5-8,15,17H,4,9-13,18H2,1-3H3. The van der Waals surface area contributed by atoms with Gasteiger partial charge in [-0.25, -0.2) is 0 Å². The molecule has 1 saturated heterocycles. The predicted molar refractivity (Wildman–Crippen MR) is 85.9 cm³/mol. The first-order chi connectivity index (χ1) is 9.61. The Kier molecular flexibility index (Phi) is 5.58. The minimum absolute atomic E-state index is 0.162. The fraction of sp³-hybridized carbons (Fsp3) is 0.647. The molecule has 0 aliphatic carbocycles. The summed E-state index contributed by atoms with van der Waals surface area (Å²) in [7, 11) is 0. The van der Waals surface area contributed by atoms with Gasteiger partial charge in [0, 0.05) is 38.3 Å². The third-order valence-corrected chi connectivity index (χ3v) is 4.26. The molecule has 1 aromatic carbocycles. The van der Waals surface area contributed by atoms with Crippen LogP contribution in [0.1, 0.15) is 37.4 Å². The number of hydrogen-bond donors (Lipinski definition) is 1. The Labute approximate surface area is 123 Å². The zero-order valence-electron chi connectivity index (χ0n) is 13.2. The zero-order valence-corrected chi connectivity index (χ0v) is 13.2. The van der Waals surface area contributed by atoms with Crippen molar-refractivity contribution in [2.24, 2.45) is 5.73 Å². The average Bonchev–Trinajstić information content (AvgIpc) is 2.43. The molecule has 2 atom stereocenters. The third-order valence-electron chi connectivity index (χ3n) is 4.26. The largest absolute Gasteiger partial charge is 0.326 e. The first-order valence-electron chi connectivity index (χ1n) is 7.90. The van der Waals surface area contributed by atoms with Gasteiger partial charge in [0.25, 0.3) is 0 Å². The van der Waals surface area contributed by atoms with Gasteiger partial charge < -0.3 is 10.6 Å². The van der Waals surface area contributed by atoms with Crippen molar-refractivity contribution < 1.29 is 0 Å². The highest BCUT2D eigenvalue weighted by molar-refractivity contribution is 5.25. The Morgan fingerprint density at radius 2 is 1.70 bits per heavy atom. The number of nitrogens with two attached hydrogens (primary N) is 1. The van der Waals surface area contributed by atoms with Crippen molar-refractivity contribution in [3.05, 3.63) is 35.4 Å². The van der Waals surface area contributed by atoms with Gasteiger partial charge in [0.1, 0.15) is 0 Å².